The summed E-state index contributed by atoms with van der Waals surface area (Å²) in [5.41, 5.74) is 2.75. The van der Waals surface area contributed by atoms with Gasteiger partial charge in [-0.2, -0.15) is 4.31 Å². The second-order valence-corrected chi connectivity index (χ2v) is 21.8. The van der Waals surface area contributed by atoms with Crippen LogP contribution >= 0.6 is 0 Å². The molecule has 17 heteroatoms. The predicted octanol–water partition coefficient (Wildman–Crippen LogP) is 8.79. The van der Waals surface area contributed by atoms with Gasteiger partial charge in [0, 0.05) is 47.5 Å². The van der Waals surface area contributed by atoms with Crippen molar-refractivity contribution >= 4 is 44.4 Å². The maximum absolute atomic E-state index is 13.7. The van der Waals surface area contributed by atoms with Gasteiger partial charge in [-0.1, -0.05) is 75.4 Å². The molecule has 392 valence electrons. The van der Waals surface area contributed by atoms with Crippen molar-refractivity contribution in [2.24, 2.45) is 0 Å². The van der Waals surface area contributed by atoms with E-state index in [1.807, 2.05) is 87.5 Å². The normalized spacial score (nSPS) is 13.5. The van der Waals surface area contributed by atoms with E-state index in [9.17, 15) is 27.6 Å². The Morgan fingerprint density at radius 2 is 1.32 bits per heavy atom. The molecule has 1 aromatic heterocycles. The number of rotatable bonds is 22. The molecule has 0 atom stereocenters. The minimum absolute atomic E-state index is 0.00620. The molecule has 0 aliphatic carbocycles. The summed E-state index contributed by atoms with van der Waals surface area (Å²) in [6.45, 7) is 13.9. The number of aromatic nitrogens is 1. The van der Waals surface area contributed by atoms with Crippen LogP contribution in [-0.4, -0.2) is 100 Å². The first-order valence-corrected chi connectivity index (χ1v) is 26.2. The van der Waals surface area contributed by atoms with Crippen molar-refractivity contribution in [1.82, 2.24) is 14.6 Å². The number of benzene rings is 5. The second-order valence-electron chi connectivity index (χ2n) is 19.9. The Labute approximate surface area is 432 Å². The molecule has 2 heterocycles. The maximum Gasteiger partial charge on any atom is 0.325 e. The van der Waals surface area contributed by atoms with Crippen molar-refractivity contribution in [1.29, 1.82) is 0 Å². The lowest BCUT2D eigenvalue weighted by Gasteiger charge is -2.31. The summed E-state index contributed by atoms with van der Waals surface area (Å²) in [5, 5.41) is 5.91. The number of fused-ring (bicyclic) bond motifs is 1. The monoisotopic (exact) mass is 1030 g/mol. The summed E-state index contributed by atoms with van der Waals surface area (Å²) < 4.78 is 63.7. The number of para-hydroxylation sites is 1. The fourth-order valence-electron chi connectivity index (χ4n) is 8.35. The minimum atomic E-state index is -3.77. The van der Waals surface area contributed by atoms with E-state index < -0.39 is 38.8 Å². The van der Waals surface area contributed by atoms with Crippen LogP contribution in [0.3, 0.4) is 0 Å². The quantitative estimate of drug-likeness (QED) is 0.0432. The molecule has 1 saturated heterocycles. The molecule has 7 rings (SSSR count). The lowest BCUT2D eigenvalue weighted by molar-refractivity contribution is -0.153. The molecule has 3 N–H and O–H groups in total. The summed E-state index contributed by atoms with van der Waals surface area (Å²) in [7, 11) is -3.77. The van der Waals surface area contributed by atoms with Gasteiger partial charge in [0.25, 0.3) is 11.8 Å². The summed E-state index contributed by atoms with van der Waals surface area (Å²) >= 11 is 0. The van der Waals surface area contributed by atoms with Crippen molar-refractivity contribution in [3.8, 4) is 17.2 Å². The number of sulfonamides is 1. The standard InChI is InChI=1S/C57H66N4O12S/c1-56(2,3)47-34-50(51(72-38-39-12-8-7-9-13-39)35-49(47)60-55(65)46-36-58-48-15-11-10-14-45(48)53(46)63)71-33-31-69-29-28-68-30-32-70-43-20-16-40(17-21-43)41-24-26-61(27-25-41)74(66,67)44-22-18-42(19-23-44)54(64)59-37-52(62)73-57(4,5)6/h7-23,34-36,41H,24-33,37-38H2,1-6H3,(H,58,63)(H,59,64)(H,60,65). The number of esters is 1. The number of pyridine rings is 1. The molecule has 1 aliphatic rings. The molecule has 0 unspecified atom stereocenters. The molecule has 0 bridgehead atoms. The first-order valence-electron chi connectivity index (χ1n) is 24.7. The van der Waals surface area contributed by atoms with Crippen molar-refractivity contribution in [3.05, 3.63) is 159 Å². The number of ether oxygens (including phenoxy) is 6. The maximum atomic E-state index is 13.7. The van der Waals surface area contributed by atoms with E-state index in [1.165, 1.54) is 34.8 Å². The number of carbonyl (C=O) groups excluding carboxylic acids is 3. The van der Waals surface area contributed by atoms with Crippen LogP contribution in [-0.2, 0) is 41.1 Å². The van der Waals surface area contributed by atoms with Gasteiger partial charge in [-0.15, -0.1) is 0 Å². The zero-order valence-corrected chi connectivity index (χ0v) is 43.7. The summed E-state index contributed by atoms with van der Waals surface area (Å²) in [6.07, 6.45) is 2.74. The Hall–Kier alpha value is -7.05. The number of H-pyrrole nitrogens is 1. The molecule has 6 aromatic rings. The molecule has 0 saturated carbocycles. The van der Waals surface area contributed by atoms with E-state index in [0.717, 1.165) is 16.7 Å². The summed E-state index contributed by atoms with van der Waals surface area (Å²) in [4.78, 5) is 54.6. The van der Waals surface area contributed by atoms with Crippen molar-refractivity contribution in [3.63, 3.8) is 0 Å². The molecule has 1 fully saturated rings. The van der Waals surface area contributed by atoms with Gasteiger partial charge in [0.1, 0.15) is 43.3 Å². The SMILES string of the molecule is CC(C)(C)OC(=O)CNC(=O)c1ccc(S(=O)(=O)N2CCC(c3ccc(OCCOCCOCCOc4cc(C(C)(C)C)c(NC(=O)c5c[nH]c6ccccc6c5=O)cc4OCc4ccccc4)cc3)CC2)cc1. The molecule has 0 radical (unpaired) electrons. The smallest absolute Gasteiger partial charge is 0.325 e. The Balaban J connectivity index is 0.823. The van der Waals surface area contributed by atoms with E-state index in [-0.39, 0.29) is 53.7 Å². The highest BCUT2D eigenvalue weighted by Gasteiger charge is 2.31. The van der Waals surface area contributed by atoms with Gasteiger partial charge in [0.15, 0.2) is 11.5 Å². The van der Waals surface area contributed by atoms with Crippen LogP contribution in [0.2, 0.25) is 0 Å². The molecular formula is C57H66N4O12S. The highest BCUT2D eigenvalue weighted by atomic mass is 32.2. The van der Waals surface area contributed by atoms with Gasteiger partial charge in [0.05, 0.1) is 31.3 Å². The number of aromatic amines is 1. The third-order valence-electron chi connectivity index (χ3n) is 12.1. The largest absolute Gasteiger partial charge is 0.491 e. The minimum Gasteiger partial charge on any atom is -0.491 e. The third kappa shape index (κ3) is 15.0. The first-order chi connectivity index (χ1) is 35.4. The number of carbonyl (C=O) groups is 3. The predicted molar refractivity (Wildman–Crippen MR) is 283 cm³/mol. The van der Waals surface area contributed by atoms with E-state index >= 15 is 0 Å². The summed E-state index contributed by atoms with van der Waals surface area (Å²) in [6, 6.07) is 33.9. The Kier molecular flexibility index (Phi) is 18.3. The molecule has 2 amide bonds. The number of hydrogen-bond donors (Lipinski definition) is 3. The van der Waals surface area contributed by atoms with Crippen molar-refractivity contribution < 1.29 is 51.2 Å². The zero-order chi connectivity index (χ0) is 52.9. The van der Waals surface area contributed by atoms with E-state index in [4.69, 9.17) is 28.4 Å². The average Bonchev–Trinajstić information content (AvgIpc) is 3.38. The zero-order valence-electron chi connectivity index (χ0n) is 42.9. The molecule has 0 spiro atoms. The second kappa shape index (κ2) is 24.8. The van der Waals surface area contributed by atoms with Gasteiger partial charge < -0.3 is 44.0 Å². The first kappa shape index (κ1) is 54.7. The molecule has 1 aliphatic heterocycles. The Bertz CT molecular complexity index is 3030. The number of anilines is 1. The van der Waals surface area contributed by atoms with Gasteiger partial charge >= 0.3 is 5.97 Å². The van der Waals surface area contributed by atoms with Crippen LogP contribution in [0.15, 0.2) is 131 Å². The van der Waals surface area contributed by atoms with Crippen LogP contribution in [0.5, 0.6) is 17.2 Å². The molecular weight excluding hydrogens is 965 g/mol. The topological polar surface area (TPSA) is 201 Å². The van der Waals surface area contributed by atoms with Crippen LogP contribution in [0.1, 0.15) is 97.7 Å². The number of nitrogens with one attached hydrogen (secondary N) is 3. The van der Waals surface area contributed by atoms with E-state index in [2.05, 4.69) is 15.6 Å². The van der Waals surface area contributed by atoms with E-state index in [0.29, 0.717) is 86.2 Å². The number of amides is 2. The lowest BCUT2D eigenvalue weighted by atomic mass is 9.85. The number of hydrogen-bond acceptors (Lipinski definition) is 12. The fraction of sp³-hybridized carbons (Fsp3) is 0.368. The lowest BCUT2D eigenvalue weighted by Crippen LogP contribution is -2.38. The molecule has 74 heavy (non-hydrogen) atoms. The Morgan fingerprint density at radius 3 is 1.99 bits per heavy atom. The van der Waals surface area contributed by atoms with Gasteiger partial charge in [-0.25, -0.2) is 8.42 Å². The molecule has 5 aromatic carbocycles. The highest BCUT2D eigenvalue weighted by molar-refractivity contribution is 7.89. The van der Waals surface area contributed by atoms with Crippen LogP contribution in [0, 0.1) is 0 Å². The van der Waals surface area contributed by atoms with Gasteiger partial charge in [0.2, 0.25) is 15.5 Å². The van der Waals surface area contributed by atoms with Crippen LogP contribution in [0.4, 0.5) is 5.69 Å². The summed E-state index contributed by atoms with van der Waals surface area (Å²) in [5.74, 6) is 0.175. The Morgan fingerprint density at radius 1 is 0.703 bits per heavy atom. The average molecular weight is 1030 g/mol. The fourth-order valence-corrected chi connectivity index (χ4v) is 9.82. The van der Waals surface area contributed by atoms with Crippen molar-refractivity contribution in [2.45, 2.75) is 82.8 Å². The highest BCUT2D eigenvalue weighted by Crippen LogP contribution is 2.40. The number of nitrogens with zero attached hydrogens (tertiary/aromatic N) is 1. The third-order valence-corrected chi connectivity index (χ3v) is 14.0. The van der Waals surface area contributed by atoms with Gasteiger partial charge in [-0.3, -0.25) is 19.2 Å². The molecule has 16 nitrogen and oxygen atoms in total. The van der Waals surface area contributed by atoms with Gasteiger partial charge in [-0.05, 0) is 116 Å². The van der Waals surface area contributed by atoms with E-state index in [1.54, 1.807) is 45.0 Å². The van der Waals surface area contributed by atoms with Crippen molar-refractivity contribution in [2.75, 3.05) is 64.6 Å². The number of piperidine rings is 1. The van der Waals surface area contributed by atoms with Crippen LogP contribution in [0.25, 0.3) is 10.9 Å². The van der Waals surface area contributed by atoms with Crippen LogP contribution < -0.4 is 30.3 Å².